The zero-order valence-corrected chi connectivity index (χ0v) is 17.4. The van der Waals surface area contributed by atoms with Crippen molar-refractivity contribution in [1.82, 2.24) is 15.2 Å². The van der Waals surface area contributed by atoms with Gasteiger partial charge in [-0.25, -0.2) is 8.42 Å². The first kappa shape index (κ1) is 21.0. The zero-order chi connectivity index (χ0) is 21.8. The first-order chi connectivity index (χ1) is 15.0. The van der Waals surface area contributed by atoms with Crippen LogP contribution in [0.3, 0.4) is 0 Å². The van der Waals surface area contributed by atoms with Crippen LogP contribution in [-0.4, -0.2) is 50.8 Å². The minimum atomic E-state index is -3.73. The van der Waals surface area contributed by atoms with E-state index in [0.717, 1.165) is 10.8 Å². The predicted octanol–water partition coefficient (Wildman–Crippen LogP) is 1.94. The second kappa shape index (κ2) is 8.84. The molecular formula is C22H21N3O5S. The summed E-state index contributed by atoms with van der Waals surface area (Å²) in [4.78, 5) is 25.1. The van der Waals surface area contributed by atoms with Crippen molar-refractivity contribution in [2.24, 2.45) is 0 Å². The Hall–Kier alpha value is -3.27. The summed E-state index contributed by atoms with van der Waals surface area (Å²) < 4.78 is 32.1. The molecule has 1 fully saturated rings. The smallest absolute Gasteiger partial charge is 0.270 e. The molecule has 0 saturated carbocycles. The van der Waals surface area contributed by atoms with Crippen molar-refractivity contribution < 1.29 is 22.7 Å². The number of fused-ring (bicyclic) bond motifs is 1. The number of nitrogens with zero attached hydrogens (tertiary/aromatic N) is 1. The highest BCUT2D eigenvalue weighted by atomic mass is 32.2. The Balaban J connectivity index is 1.48. The van der Waals surface area contributed by atoms with E-state index in [-0.39, 0.29) is 23.5 Å². The molecule has 31 heavy (non-hydrogen) atoms. The largest absolute Gasteiger partial charge is 0.379 e. The van der Waals surface area contributed by atoms with Gasteiger partial charge >= 0.3 is 0 Å². The lowest BCUT2D eigenvalue weighted by molar-refractivity contribution is 0.0730. The van der Waals surface area contributed by atoms with E-state index >= 15 is 0 Å². The van der Waals surface area contributed by atoms with Gasteiger partial charge in [0.1, 0.15) is 0 Å². The second-order valence-corrected chi connectivity index (χ2v) is 8.92. The first-order valence-electron chi connectivity index (χ1n) is 9.73. The molecule has 3 aromatic rings. The molecule has 1 saturated heterocycles. The number of hydrazine groups is 1. The summed E-state index contributed by atoms with van der Waals surface area (Å²) in [5.74, 6) is -1.09. The number of carbonyl (C=O) groups is 2. The second-order valence-electron chi connectivity index (χ2n) is 6.98. The summed E-state index contributed by atoms with van der Waals surface area (Å²) in [5.41, 5.74) is 5.29. The number of hydrogen-bond donors (Lipinski definition) is 2. The summed E-state index contributed by atoms with van der Waals surface area (Å²) in [6.45, 7) is 1.19. The summed E-state index contributed by atoms with van der Waals surface area (Å²) >= 11 is 0. The van der Waals surface area contributed by atoms with Crippen LogP contribution in [0.4, 0.5) is 0 Å². The molecule has 2 amide bonds. The molecule has 2 N–H and O–H groups in total. The lowest BCUT2D eigenvalue weighted by Crippen LogP contribution is -2.42. The number of carbonyl (C=O) groups excluding carboxylic acids is 2. The summed E-state index contributed by atoms with van der Waals surface area (Å²) in [5, 5.41) is 1.66. The number of sulfonamides is 1. The molecule has 0 radical (unpaired) electrons. The average molecular weight is 439 g/mol. The van der Waals surface area contributed by atoms with E-state index < -0.39 is 21.8 Å². The maximum Gasteiger partial charge on any atom is 0.270 e. The lowest BCUT2D eigenvalue weighted by Gasteiger charge is -2.26. The van der Waals surface area contributed by atoms with Crippen molar-refractivity contribution in [2.75, 3.05) is 26.3 Å². The molecule has 160 valence electrons. The third-order valence-corrected chi connectivity index (χ3v) is 6.92. The van der Waals surface area contributed by atoms with Gasteiger partial charge in [-0.05, 0) is 35.0 Å². The Labute approximate surface area is 179 Å². The Morgan fingerprint density at radius 1 is 0.839 bits per heavy atom. The monoisotopic (exact) mass is 439 g/mol. The predicted molar refractivity (Wildman–Crippen MR) is 115 cm³/mol. The Morgan fingerprint density at radius 3 is 2.32 bits per heavy atom. The molecule has 1 aliphatic rings. The molecule has 8 nitrogen and oxygen atoms in total. The third-order valence-electron chi connectivity index (χ3n) is 5.03. The lowest BCUT2D eigenvalue weighted by atomic mass is 10.0. The number of benzene rings is 3. The van der Waals surface area contributed by atoms with Crippen LogP contribution in [0.15, 0.2) is 71.6 Å². The van der Waals surface area contributed by atoms with E-state index in [1.165, 1.54) is 28.6 Å². The van der Waals surface area contributed by atoms with Gasteiger partial charge in [0, 0.05) is 24.2 Å². The van der Waals surface area contributed by atoms with Crippen LogP contribution in [-0.2, 0) is 14.8 Å². The molecule has 3 aromatic carbocycles. The van der Waals surface area contributed by atoms with E-state index in [1.807, 2.05) is 30.3 Å². The number of nitrogens with one attached hydrogen (secondary N) is 2. The third kappa shape index (κ3) is 4.43. The highest BCUT2D eigenvalue weighted by Gasteiger charge is 2.27. The van der Waals surface area contributed by atoms with Gasteiger partial charge in [0.15, 0.2) is 0 Å². The van der Waals surface area contributed by atoms with Crippen molar-refractivity contribution in [3.8, 4) is 0 Å². The molecular weight excluding hydrogens is 418 g/mol. The number of rotatable bonds is 4. The maximum atomic E-state index is 12.8. The van der Waals surface area contributed by atoms with E-state index in [9.17, 15) is 18.0 Å². The van der Waals surface area contributed by atoms with Crippen LogP contribution in [0, 0.1) is 0 Å². The fourth-order valence-corrected chi connectivity index (χ4v) is 4.86. The number of morpholine rings is 1. The maximum absolute atomic E-state index is 12.8. The number of amides is 2. The van der Waals surface area contributed by atoms with E-state index in [1.54, 1.807) is 12.1 Å². The molecule has 0 atom stereocenters. The van der Waals surface area contributed by atoms with Crippen molar-refractivity contribution in [3.63, 3.8) is 0 Å². The van der Waals surface area contributed by atoms with Crippen molar-refractivity contribution in [3.05, 3.63) is 77.9 Å². The van der Waals surface area contributed by atoms with Crippen molar-refractivity contribution in [2.45, 2.75) is 4.90 Å². The van der Waals surface area contributed by atoms with Crippen molar-refractivity contribution in [1.29, 1.82) is 0 Å². The van der Waals surface area contributed by atoms with Gasteiger partial charge in [-0.15, -0.1) is 0 Å². The molecule has 1 aliphatic heterocycles. The van der Waals surface area contributed by atoms with Gasteiger partial charge < -0.3 is 4.74 Å². The Kier molecular flexibility index (Phi) is 5.99. The molecule has 9 heteroatoms. The van der Waals surface area contributed by atoms with Crippen LogP contribution in [0.25, 0.3) is 10.8 Å². The van der Waals surface area contributed by atoms with E-state index in [4.69, 9.17) is 4.74 Å². The molecule has 0 aromatic heterocycles. The van der Waals surface area contributed by atoms with Gasteiger partial charge in [-0.1, -0.05) is 42.5 Å². The minimum absolute atomic E-state index is 0.0161. The summed E-state index contributed by atoms with van der Waals surface area (Å²) in [6, 6.07) is 18.5. The molecule has 0 aliphatic carbocycles. The van der Waals surface area contributed by atoms with Gasteiger partial charge in [-0.3, -0.25) is 20.4 Å². The van der Waals surface area contributed by atoms with Crippen LogP contribution in [0.1, 0.15) is 20.7 Å². The van der Waals surface area contributed by atoms with E-state index in [0.29, 0.717) is 18.8 Å². The summed E-state index contributed by atoms with van der Waals surface area (Å²) in [7, 11) is -3.73. The molecule has 4 rings (SSSR count). The van der Waals surface area contributed by atoms with E-state index in [2.05, 4.69) is 10.9 Å². The molecule has 0 bridgehead atoms. The summed E-state index contributed by atoms with van der Waals surface area (Å²) in [6.07, 6.45) is 0. The fourth-order valence-electron chi connectivity index (χ4n) is 3.41. The van der Waals surface area contributed by atoms with Crippen LogP contribution >= 0.6 is 0 Å². The standard InChI is InChI=1S/C22H21N3O5S/c26-21(23-24-22(27)20-10-4-6-16-5-1-2-9-19(16)20)17-7-3-8-18(15-17)31(28,29)25-11-13-30-14-12-25/h1-10,15H,11-14H2,(H,23,26)(H,24,27). The zero-order valence-electron chi connectivity index (χ0n) is 16.6. The van der Waals surface area contributed by atoms with Crippen LogP contribution < -0.4 is 10.9 Å². The number of hydrogen-bond acceptors (Lipinski definition) is 5. The number of ether oxygens (including phenoxy) is 1. The van der Waals surface area contributed by atoms with Crippen LogP contribution in [0.5, 0.6) is 0 Å². The highest BCUT2D eigenvalue weighted by molar-refractivity contribution is 7.89. The van der Waals surface area contributed by atoms with Crippen LogP contribution in [0.2, 0.25) is 0 Å². The topological polar surface area (TPSA) is 105 Å². The van der Waals surface area contributed by atoms with Crippen molar-refractivity contribution >= 4 is 32.6 Å². The fraction of sp³-hybridized carbons (Fsp3) is 0.182. The van der Waals surface area contributed by atoms with Gasteiger partial charge in [0.25, 0.3) is 11.8 Å². The SMILES string of the molecule is O=C(NNC(=O)c1cccc2ccccc12)c1cccc(S(=O)(=O)N2CCOCC2)c1. The Morgan fingerprint density at radius 2 is 1.52 bits per heavy atom. The normalized spacial score (nSPS) is 14.8. The quantitative estimate of drug-likeness (QED) is 0.605. The minimum Gasteiger partial charge on any atom is -0.379 e. The average Bonchev–Trinajstić information content (AvgIpc) is 2.82. The molecule has 0 spiro atoms. The highest BCUT2D eigenvalue weighted by Crippen LogP contribution is 2.19. The van der Waals surface area contributed by atoms with Gasteiger partial charge in [0.2, 0.25) is 10.0 Å². The molecule has 1 heterocycles. The van der Waals surface area contributed by atoms with Gasteiger partial charge in [-0.2, -0.15) is 4.31 Å². The first-order valence-corrected chi connectivity index (χ1v) is 11.2. The van der Waals surface area contributed by atoms with Gasteiger partial charge in [0.05, 0.1) is 18.1 Å². The molecule has 0 unspecified atom stereocenters. The Bertz CT molecular complexity index is 1230.